The van der Waals surface area contributed by atoms with Gasteiger partial charge in [-0.3, -0.25) is 9.59 Å². The number of hydrogen-bond donors (Lipinski definition) is 0. The fraction of sp³-hybridized carbons (Fsp3) is 0.250. The molecule has 0 aliphatic carbocycles. The molecule has 0 bridgehead atoms. The standard InChI is InChI=1S/C32H32N4O3/c1-33-17-19-34(20-18-33)32(38)29-16-15-26-22-36(28-9-5-3-7-25(28)21-35(26)29)31(37)24-13-11-23(12-14-24)27-8-4-6-10-30(27)39-2/h3-16H,17-22H2,1-2H3. The van der Waals surface area contributed by atoms with E-state index in [0.717, 1.165) is 60.0 Å². The van der Waals surface area contributed by atoms with Gasteiger partial charge in [-0.05, 0) is 54.6 Å². The first-order chi connectivity index (χ1) is 19.0. The van der Waals surface area contributed by atoms with Crippen molar-refractivity contribution in [2.45, 2.75) is 13.1 Å². The minimum Gasteiger partial charge on any atom is -0.496 e. The van der Waals surface area contributed by atoms with E-state index in [1.165, 1.54) is 0 Å². The number of ether oxygens (including phenoxy) is 1. The molecule has 0 unspecified atom stereocenters. The van der Waals surface area contributed by atoms with Gasteiger partial charge in [-0.1, -0.05) is 48.5 Å². The van der Waals surface area contributed by atoms with Gasteiger partial charge < -0.3 is 24.0 Å². The molecule has 2 amide bonds. The lowest BCUT2D eigenvalue weighted by atomic mass is 10.0. The lowest BCUT2D eigenvalue weighted by Gasteiger charge is -2.32. The molecular weight excluding hydrogens is 488 g/mol. The van der Waals surface area contributed by atoms with Gasteiger partial charge in [0, 0.05) is 48.7 Å². The highest BCUT2D eigenvalue weighted by molar-refractivity contribution is 6.07. The van der Waals surface area contributed by atoms with Crippen molar-refractivity contribution in [3.63, 3.8) is 0 Å². The first-order valence-electron chi connectivity index (χ1n) is 13.3. The van der Waals surface area contributed by atoms with Gasteiger partial charge in [0.2, 0.25) is 0 Å². The molecule has 6 rings (SSSR count). The molecule has 2 aliphatic rings. The van der Waals surface area contributed by atoms with Crippen LogP contribution in [0.4, 0.5) is 5.69 Å². The second kappa shape index (κ2) is 10.4. The average molecular weight is 521 g/mol. The minimum absolute atomic E-state index is 0.0542. The predicted molar refractivity (Wildman–Crippen MR) is 152 cm³/mol. The summed E-state index contributed by atoms with van der Waals surface area (Å²) in [6, 6.07) is 27.4. The normalized spacial score (nSPS) is 15.3. The highest BCUT2D eigenvalue weighted by Crippen LogP contribution is 2.32. The number of para-hydroxylation sites is 2. The Kier molecular flexibility index (Phi) is 6.67. The van der Waals surface area contributed by atoms with Crippen LogP contribution in [0.3, 0.4) is 0 Å². The Labute approximate surface area is 228 Å². The van der Waals surface area contributed by atoms with Gasteiger partial charge in [0.25, 0.3) is 11.8 Å². The molecule has 3 aromatic carbocycles. The van der Waals surface area contributed by atoms with Crippen LogP contribution in [0.15, 0.2) is 84.9 Å². The molecule has 1 saturated heterocycles. The second-order valence-corrected chi connectivity index (χ2v) is 10.2. The number of carbonyl (C=O) groups excluding carboxylic acids is 2. The van der Waals surface area contributed by atoms with Crippen molar-refractivity contribution in [1.82, 2.24) is 14.4 Å². The Morgan fingerprint density at radius 2 is 1.46 bits per heavy atom. The maximum absolute atomic E-state index is 13.9. The fourth-order valence-corrected chi connectivity index (χ4v) is 5.53. The van der Waals surface area contributed by atoms with E-state index in [0.29, 0.717) is 24.3 Å². The molecule has 2 aliphatic heterocycles. The van der Waals surface area contributed by atoms with Gasteiger partial charge in [-0.2, -0.15) is 0 Å². The van der Waals surface area contributed by atoms with Crippen molar-refractivity contribution in [3.8, 4) is 16.9 Å². The van der Waals surface area contributed by atoms with Gasteiger partial charge in [0.05, 0.1) is 20.2 Å². The largest absolute Gasteiger partial charge is 0.496 e. The lowest BCUT2D eigenvalue weighted by Crippen LogP contribution is -2.47. The third-order valence-corrected chi connectivity index (χ3v) is 7.81. The second-order valence-electron chi connectivity index (χ2n) is 10.2. The minimum atomic E-state index is -0.0735. The van der Waals surface area contributed by atoms with E-state index in [-0.39, 0.29) is 11.8 Å². The Bertz CT molecular complexity index is 1520. The molecule has 1 fully saturated rings. The van der Waals surface area contributed by atoms with E-state index in [2.05, 4.69) is 16.5 Å². The summed E-state index contributed by atoms with van der Waals surface area (Å²) in [6.45, 7) is 4.13. The van der Waals surface area contributed by atoms with E-state index < -0.39 is 0 Å². The summed E-state index contributed by atoms with van der Waals surface area (Å²) >= 11 is 0. The summed E-state index contributed by atoms with van der Waals surface area (Å²) in [4.78, 5) is 33.4. The number of aromatic nitrogens is 1. The maximum Gasteiger partial charge on any atom is 0.270 e. The Hall–Kier alpha value is -4.36. The van der Waals surface area contributed by atoms with Gasteiger partial charge >= 0.3 is 0 Å². The molecule has 4 aromatic rings. The monoisotopic (exact) mass is 520 g/mol. The number of hydrogen-bond acceptors (Lipinski definition) is 4. The summed E-state index contributed by atoms with van der Waals surface area (Å²) in [5.41, 5.74) is 6.09. The van der Waals surface area contributed by atoms with E-state index in [1.54, 1.807) is 7.11 Å². The molecule has 7 nitrogen and oxygen atoms in total. The SMILES string of the molecule is COc1ccccc1-c1ccc(C(=O)N2Cc3ccc(C(=O)N4CCN(C)CC4)n3Cc3ccccc32)cc1. The van der Waals surface area contributed by atoms with E-state index >= 15 is 0 Å². The van der Waals surface area contributed by atoms with E-state index in [1.807, 2.05) is 94.7 Å². The highest BCUT2D eigenvalue weighted by atomic mass is 16.5. The number of anilines is 1. The van der Waals surface area contributed by atoms with Crippen LogP contribution in [0.5, 0.6) is 5.75 Å². The van der Waals surface area contributed by atoms with Crippen molar-refractivity contribution in [3.05, 3.63) is 107 Å². The first-order valence-corrected chi connectivity index (χ1v) is 13.3. The number of carbonyl (C=O) groups is 2. The van der Waals surface area contributed by atoms with Crippen LogP contribution in [-0.4, -0.2) is 66.5 Å². The number of likely N-dealkylation sites (N-methyl/N-ethyl adjacent to an activating group) is 1. The van der Waals surface area contributed by atoms with Crippen LogP contribution in [0, 0.1) is 0 Å². The van der Waals surface area contributed by atoms with Crippen LogP contribution in [0.1, 0.15) is 32.1 Å². The zero-order valence-corrected chi connectivity index (χ0v) is 22.3. The zero-order valence-electron chi connectivity index (χ0n) is 22.3. The smallest absolute Gasteiger partial charge is 0.270 e. The molecule has 0 atom stereocenters. The van der Waals surface area contributed by atoms with Crippen molar-refractivity contribution < 1.29 is 14.3 Å². The van der Waals surface area contributed by atoms with Crippen molar-refractivity contribution in [2.75, 3.05) is 45.2 Å². The predicted octanol–water partition coefficient (Wildman–Crippen LogP) is 4.76. The number of nitrogens with zero attached hydrogens (tertiary/aromatic N) is 4. The topological polar surface area (TPSA) is 58.0 Å². The van der Waals surface area contributed by atoms with Crippen molar-refractivity contribution in [1.29, 1.82) is 0 Å². The van der Waals surface area contributed by atoms with Gasteiger partial charge in [-0.15, -0.1) is 0 Å². The zero-order chi connectivity index (χ0) is 26.9. The third kappa shape index (κ3) is 4.70. The molecular formula is C32H32N4O3. The summed E-state index contributed by atoms with van der Waals surface area (Å²) < 4.78 is 7.60. The Balaban J connectivity index is 1.31. The van der Waals surface area contributed by atoms with Crippen LogP contribution >= 0.6 is 0 Å². The number of benzene rings is 3. The van der Waals surface area contributed by atoms with Crippen LogP contribution in [0.2, 0.25) is 0 Å². The number of amides is 2. The molecule has 0 spiro atoms. The Morgan fingerprint density at radius 3 is 2.23 bits per heavy atom. The quantitative estimate of drug-likeness (QED) is 0.389. The number of fused-ring (bicyclic) bond motifs is 2. The van der Waals surface area contributed by atoms with Gasteiger partial charge in [0.15, 0.2) is 0 Å². The summed E-state index contributed by atoms with van der Waals surface area (Å²) in [6.07, 6.45) is 0. The van der Waals surface area contributed by atoms with Gasteiger partial charge in [0.1, 0.15) is 11.4 Å². The van der Waals surface area contributed by atoms with E-state index in [4.69, 9.17) is 4.74 Å². The van der Waals surface area contributed by atoms with Crippen molar-refractivity contribution in [2.24, 2.45) is 0 Å². The highest BCUT2D eigenvalue weighted by Gasteiger charge is 2.29. The maximum atomic E-state index is 13.9. The molecule has 0 N–H and O–H groups in total. The number of methoxy groups -OCH3 is 1. The summed E-state index contributed by atoms with van der Waals surface area (Å²) in [5.74, 6) is 0.773. The van der Waals surface area contributed by atoms with Crippen LogP contribution in [-0.2, 0) is 13.1 Å². The van der Waals surface area contributed by atoms with Crippen molar-refractivity contribution >= 4 is 17.5 Å². The molecule has 39 heavy (non-hydrogen) atoms. The molecule has 198 valence electrons. The van der Waals surface area contributed by atoms with Crippen LogP contribution < -0.4 is 9.64 Å². The van der Waals surface area contributed by atoms with Gasteiger partial charge in [-0.25, -0.2) is 0 Å². The summed E-state index contributed by atoms with van der Waals surface area (Å²) in [5, 5.41) is 0. The molecule has 0 radical (unpaired) electrons. The molecule has 1 aromatic heterocycles. The number of piperazine rings is 1. The summed E-state index contributed by atoms with van der Waals surface area (Å²) in [7, 11) is 3.74. The third-order valence-electron chi connectivity index (χ3n) is 7.81. The van der Waals surface area contributed by atoms with E-state index in [9.17, 15) is 9.59 Å². The molecule has 0 saturated carbocycles. The first kappa shape index (κ1) is 24.9. The number of rotatable bonds is 4. The molecule has 7 heteroatoms. The molecule has 3 heterocycles. The fourth-order valence-electron chi connectivity index (χ4n) is 5.53. The lowest BCUT2D eigenvalue weighted by molar-refractivity contribution is 0.0653. The average Bonchev–Trinajstić information content (AvgIpc) is 3.29. The van der Waals surface area contributed by atoms with Crippen LogP contribution in [0.25, 0.3) is 11.1 Å². The Morgan fingerprint density at radius 1 is 0.744 bits per heavy atom.